The van der Waals surface area contributed by atoms with Gasteiger partial charge in [0.05, 0.1) is 6.61 Å². The number of amides is 1. The minimum Gasteiger partial charge on any atom is -0.383 e. The van der Waals surface area contributed by atoms with Crippen molar-refractivity contribution in [3.63, 3.8) is 0 Å². The molecule has 0 bridgehead atoms. The Morgan fingerprint density at radius 1 is 1.29 bits per heavy atom. The smallest absolute Gasteiger partial charge is 0.383 e. The first kappa shape index (κ1) is 17.2. The third-order valence-electron chi connectivity index (χ3n) is 2.53. The van der Waals surface area contributed by atoms with E-state index < -0.39 is 23.3 Å². The average Bonchev–Trinajstić information content (AvgIpc) is 2.41. The SMILES string of the molecule is COCCNCCNC(=O)c1ccc(C(F)(F)F)[nH]c1=O. The van der Waals surface area contributed by atoms with E-state index in [4.69, 9.17) is 4.74 Å². The summed E-state index contributed by atoms with van der Waals surface area (Å²) in [5, 5.41) is 5.39. The Kier molecular flexibility index (Phi) is 6.38. The number of rotatable bonds is 7. The molecular weight excluding hydrogens is 291 g/mol. The third kappa shape index (κ3) is 5.56. The molecule has 1 aromatic rings. The second-order valence-corrected chi connectivity index (χ2v) is 4.11. The zero-order chi connectivity index (χ0) is 15.9. The molecule has 0 radical (unpaired) electrons. The highest BCUT2D eigenvalue weighted by molar-refractivity contribution is 5.93. The zero-order valence-electron chi connectivity index (χ0n) is 11.3. The van der Waals surface area contributed by atoms with Crippen LogP contribution < -0.4 is 16.2 Å². The molecule has 0 saturated heterocycles. The number of nitrogens with one attached hydrogen (secondary N) is 3. The molecule has 118 valence electrons. The van der Waals surface area contributed by atoms with Crippen LogP contribution in [0.25, 0.3) is 0 Å². The lowest BCUT2D eigenvalue weighted by Gasteiger charge is -2.08. The first-order valence-electron chi connectivity index (χ1n) is 6.14. The molecule has 1 heterocycles. The first-order valence-corrected chi connectivity index (χ1v) is 6.14. The number of ether oxygens (including phenoxy) is 1. The summed E-state index contributed by atoms with van der Waals surface area (Å²) in [4.78, 5) is 24.7. The van der Waals surface area contributed by atoms with Crippen LogP contribution >= 0.6 is 0 Å². The molecule has 0 aliphatic carbocycles. The van der Waals surface area contributed by atoms with E-state index in [0.29, 0.717) is 25.8 Å². The monoisotopic (exact) mass is 307 g/mol. The molecule has 0 unspecified atom stereocenters. The van der Waals surface area contributed by atoms with E-state index >= 15 is 0 Å². The van der Waals surface area contributed by atoms with E-state index in [1.807, 2.05) is 0 Å². The highest BCUT2D eigenvalue weighted by atomic mass is 19.4. The fraction of sp³-hybridized carbons (Fsp3) is 0.500. The number of methoxy groups -OCH3 is 1. The van der Waals surface area contributed by atoms with Crippen LogP contribution in [0.3, 0.4) is 0 Å². The van der Waals surface area contributed by atoms with E-state index in [1.54, 1.807) is 12.1 Å². The summed E-state index contributed by atoms with van der Waals surface area (Å²) in [7, 11) is 1.56. The summed E-state index contributed by atoms with van der Waals surface area (Å²) >= 11 is 0. The van der Waals surface area contributed by atoms with Crippen LogP contribution in [-0.2, 0) is 10.9 Å². The fourth-order valence-corrected chi connectivity index (χ4v) is 1.48. The molecule has 0 fully saturated rings. The predicted octanol–water partition coefficient (Wildman–Crippen LogP) is 0.359. The molecule has 0 aliphatic rings. The molecule has 3 N–H and O–H groups in total. The lowest BCUT2D eigenvalue weighted by atomic mass is 10.2. The van der Waals surface area contributed by atoms with Crippen molar-refractivity contribution in [3.8, 4) is 0 Å². The molecule has 0 atom stereocenters. The topological polar surface area (TPSA) is 83.2 Å². The molecule has 0 saturated carbocycles. The molecule has 0 aliphatic heterocycles. The van der Waals surface area contributed by atoms with Gasteiger partial charge in [-0.3, -0.25) is 9.59 Å². The molecule has 0 aromatic carbocycles. The Morgan fingerprint density at radius 2 is 2.00 bits per heavy atom. The van der Waals surface area contributed by atoms with Gasteiger partial charge >= 0.3 is 6.18 Å². The van der Waals surface area contributed by atoms with E-state index in [1.165, 1.54) is 0 Å². The van der Waals surface area contributed by atoms with Crippen molar-refractivity contribution in [2.45, 2.75) is 6.18 Å². The minimum atomic E-state index is -4.65. The maximum atomic E-state index is 12.4. The van der Waals surface area contributed by atoms with E-state index in [-0.39, 0.29) is 12.1 Å². The van der Waals surface area contributed by atoms with Crippen LogP contribution in [0.1, 0.15) is 16.1 Å². The average molecular weight is 307 g/mol. The maximum absolute atomic E-state index is 12.4. The molecule has 21 heavy (non-hydrogen) atoms. The highest BCUT2D eigenvalue weighted by Gasteiger charge is 2.32. The van der Waals surface area contributed by atoms with Crippen LogP contribution in [-0.4, -0.2) is 44.2 Å². The Labute approximate surface area is 118 Å². The van der Waals surface area contributed by atoms with Crippen molar-refractivity contribution < 1.29 is 22.7 Å². The molecule has 6 nitrogen and oxygen atoms in total. The number of carbonyl (C=O) groups excluding carboxylic acids is 1. The molecule has 1 amide bonds. The summed E-state index contributed by atoms with van der Waals surface area (Å²) in [6.45, 7) is 1.82. The number of aromatic nitrogens is 1. The van der Waals surface area contributed by atoms with Crippen LogP contribution in [0.2, 0.25) is 0 Å². The lowest BCUT2D eigenvalue weighted by molar-refractivity contribution is -0.141. The Hall–Kier alpha value is -1.87. The third-order valence-corrected chi connectivity index (χ3v) is 2.53. The van der Waals surface area contributed by atoms with Crippen LogP contribution in [0, 0.1) is 0 Å². The predicted molar refractivity (Wildman–Crippen MR) is 69.1 cm³/mol. The van der Waals surface area contributed by atoms with Gasteiger partial charge in [-0.1, -0.05) is 0 Å². The summed E-state index contributed by atoms with van der Waals surface area (Å²) < 4.78 is 41.9. The summed E-state index contributed by atoms with van der Waals surface area (Å²) in [6, 6.07) is 1.52. The Morgan fingerprint density at radius 3 is 2.57 bits per heavy atom. The fourth-order valence-electron chi connectivity index (χ4n) is 1.48. The van der Waals surface area contributed by atoms with Gasteiger partial charge in [0.25, 0.3) is 11.5 Å². The largest absolute Gasteiger partial charge is 0.431 e. The van der Waals surface area contributed by atoms with Crippen molar-refractivity contribution in [3.05, 3.63) is 33.7 Å². The number of hydrogen-bond acceptors (Lipinski definition) is 4. The molecular formula is C12H16F3N3O3. The summed E-state index contributed by atoms with van der Waals surface area (Å²) in [5.41, 5.74) is -2.63. The Bertz CT molecular complexity index is 528. The normalized spacial score (nSPS) is 11.4. The van der Waals surface area contributed by atoms with Gasteiger partial charge in [-0.25, -0.2) is 0 Å². The molecule has 1 aromatic heterocycles. The molecule has 1 rings (SSSR count). The number of H-pyrrole nitrogens is 1. The van der Waals surface area contributed by atoms with E-state index in [9.17, 15) is 22.8 Å². The van der Waals surface area contributed by atoms with Gasteiger partial charge in [0, 0.05) is 26.7 Å². The number of hydrogen-bond donors (Lipinski definition) is 3. The van der Waals surface area contributed by atoms with Gasteiger partial charge in [-0.15, -0.1) is 0 Å². The van der Waals surface area contributed by atoms with Crippen LogP contribution in [0.15, 0.2) is 16.9 Å². The van der Waals surface area contributed by atoms with Crippen LogP contribution in [0.5, 0.6) is 0 Å². The van der Waals surface area contributed by atoms with Gasteiger partial charge < -0.3 is 20.4 Å². The molecule has 9 heteroatoms. The zero-order valence-corrected chi connectivity index (χ0v) is 11.3. The maximum Gasteiger partial charge on any atom is 0.431 e. The summed E-state index contributed by atoms with van der Waals surface area (Å²) in [5.74, 6) is -0.724. The standard InChI is InChI=1S/C12H16F3N3O3/c1-21-7-6-16-4-5-17-10(19)8-2-3-9(12(13,14)15)18-11(8)20/h2-3,16H,4-7H2,1H3,(H,17,19)(H,18,20). The number of halogens is 3. The van der Waals surface area contributed by atoms with Gasteiger partial charge in [0.1, 0.15) is 11.3 Å². The van der Waals surface area contributed by atoms with Crippen molar-refractivity contribution >= 4 is 5.91 Å². The van der Waals surface area contributed by atoms with Gasteiger partial charge in [0.15, 0.2) is 0 Å². The number of alkyl halides is 3. The van der Waals surface area contributed by atoms with Crippen molar-refractivity contribution in [1.29, 1.82) is 0 Å². The second kappa shape index (κ2) is 7.79. The molecule has 0 spiro atoms. The van der Waals surface area contributed by atoms with Crippen molar-refractivity contribution in [2.75, 3.05) is 33.4 Å². The second-order valence-electron chi connectivity index (χ2n) is 4.11. The quantitative estimate of drug-likeness (QED) is 0.635. The van der Waals surface area contributed by atoms with E-state index in [2.05, 4.69) is 10.6 Å². The van der Waals surface area contributed by atoms with Crippen LogP contribution in [0.4, 0.5) is 13.2 Å². The number of aromatic amines is 1. The van der Waals surface area contributed by atoms with E-state index in [0.717, 1.165) is 6.07 Å². The summed E-state index contributed by atoms with van der Waals surface area (Å²) in [6.07, 6.45) is -4.65. The van der Waals surface area contributed by atoms with Crippen molar-refractivity contribution in [1.82, 2.24) is 15.6 Å². The minimum absolute atomic E-state index is 0.239. The van der Waals surface area contributed by atoms with Gasteiger partial charge in [0.2, 0.25) is 0 Å². The van der Waals surface area contributed by atoms with Gasteiger partial charge in [-0.05, 0) is 12.1 Å². The highest BCUT2D eigenvalue weighted by Crippen LogP contribution is 2.26. The number of carbonyl (C=O) groups is 1. The Balaban J connectivity index is 2.54. The van der Waals surface area contributed by atoms with Crippen molar-refractivity contribution in [2.24, 2.45) is 0 Å². The number of pyridine rings is 1. The van der Waals surface area contributed by atoms with Gasteiger partial charge in [-0.2, -0.15) is 13.2 Å². The first-order chi connectivity index (χ1) is 9.86. The lowest BCUT2D eigenvalue weighted by Crippen LogP contribution is -2.35.